The van der Waals surface area contributed by atoms with Crippen LogP contribution in [0.3, 0.4) is 0 Å². The van der Waals surface area contributed by atoms with Crippen LogP contribution in [0.4, 0.5) is 13.2 Å². The molecule has 9 heteroatoms. The molecule has 0 aliphatic carbocycles. The maximum absolute atomic E-state index is 12.9. The Kier molecular flexibility index (Phi) is 5.65. The first kappa shape index (κ1) is 18.2. The van der Waals surface area contributed by atoms with Crippen molar-refractivity contribution in [3.8, 4) is 0 Å². The van der Waals surface area contributed by atoms with Crippen LogP contribution in [-0.4, -0.2) is 32.4 Å². The van der Waals surface area contributed by atoms with Crippen LogP contribution in [0, 0.1) is 5.92 Å². The molecule has 0 amide bonds. The van der Waals surface area contributed by atoms with Gasteiger partial charge in [-0.05, 0) is 31.0 Å². The largest absolute Gasteiger partial charge is 0.417 e. The predicted molar refractivity (Wildman–Crippen MR) is 74.6 cm³/mol. The van der Waals surface area contributed by atoms with Gasteiger partial charge in [-0.25, -0.2) is 8.42 Å². The summed E-state index contributed by atoms with van der Waals surface area (Å²) in [6.07, 6.45) is -4.12. The number of benzene rings is 1. The van der Waals surface area contributed by atoms with E-state index in [0.717, 1.165) is 16.4 Å². The molecule has 0 radical (unpaired) electrons. The summed E-state index contributed by atoms with van der Waals surface area (Å²) < 4.78 is 64.5. The molecule has 120 valence electrons. The fraction of sp³-hybridized carbons (Fsp3) is 0.500. The van der Waals surface area contributed by atoms with E-state index < -0.39 is 26.7 Å². The van der Waals surface area contributed by atoms with Crippen LogP contribution in [0.2, 0.25) is 0 Å². The van der Waals surface area contributed by atoms with Crippen LogP contribution in [0.1, 0.15) is 12.0 Å². The predicted octanol–water partition coefficient (Wildman–Crippen LogP) is 2.10. The van der Waals surface area contributed by atoms with Crippen molar-refractivity contribution >= 4 is 22.4 Å². The van der Waals surface area contributed by atoms with E-state index in [1.54, 1.807) is 0 Å². The van der Waals surface area contributed by atoms with E-state index in [1.807, 2.05) is 0 Å². The summed E-state index contributed by atoms with van der Waals surface area (Å²) in [4.78, 5) is -0.690. The lowest BCUT2D eigenvalue weighted by atomic mass is 10.1. The van der Waals surface area contributed by atoms with Crippen LogP contribution in [0.5, 0.6) is 0 Å². The third kappa shape index (κ3) is 3.68. The minimum Gasteiger partial charge on any atom is -0.330 e. The first-order chi connectivity index (χ1) is 9.26. The van der Waals surface area contributed by atoms with Gasteiger partial charge in [-0.2, -0.15) is 17.5 Å². The SMILES string of the molecule is Cl.NCC1CCN(S(=O)(=O)c2ccccc2C(F)(F)F)C1. The lowest BCUT2D eigenvalue weighted by molar-refractivity contribution is -0.139. The summed E-state index contributed by atoms with van der Waals surface area (Å²) in [6.45, 7) is 0.703. The minimum absolute atomic E-state index is 0. The molecule has 1 aromatic rings. The number of nitrogens with zero attached hydrogens (tertiary/aromatic N) is 1. The maximum Gasteiger partial charge on any atom is 0.417 e. The van der Waals surface area contributed by atoms with Crippen LogP contribution in [0.25, 0.3) is 0 Å². The molecule has 1 unspecified atom stereocenters. The van der Waals surface area contributed by atoms with Gasteiger partial charge in [-0.15, -0.1) is 12.4 Å². The maximum atomic E-state index is 12.9. The lowest BCUT2D eigenvalue weighted by Crippen LogP contribution is -2.31. The topological polar surface area (TPSA) is 63.4 Å². The van der Waals surface area contributed by atoms with Gasteiger partial charge in [0.15, 0.2) is 0 Å². The summed E-state index contributed by atoms with van der Waals surface area (Å²) in [5, 5.41) is 0. The number of rotatable bonds is 3. The molecule has 0 spiro atoms. The molecule has 21 heavy (non-hydrogen) atoms. The summed E-state index contributed by atoms with van der Waals surface area (Å²) in [5.74, 6) is 0.00261. The fourth-order valence-electron chi connectivity index (χ4n) is 2.27. The second-order valence-electron chi connectivity index (χ2n) is 4.75. The number of hydrogen-bond acceptors (Lipinski definition) is 3. The minimum atomic E-state index is -4.70. The summed E-state index contributed by atoms with van der Waals surface area (Å²) >= 11 is 0. The number of nitrogens with two attached hydrogens (primary N) is 1. The highest BCUT2D eigenvalue weighted by atomic mass is 35.5. The second-order valence-corrected chi connectivity index (χ2v) is 6.65. The number of sulfonamides is 1. The van der Waals surface area contributed by atoms with Crippen molar-refractivity contribution in [2.75, 3.05) is 19.6 Å². The van der Waals surface area contributed by atoms with Crippen molar-refractivity contribution < 1.29 is 21.6 Å². The van der Waals surface area contributed by atoms with Gasteiger partial charge in [0.05, 0.1) is 10.5 Å². The highest BCUT2D eigenvalue weighted by Gasteiger charge is 2.40. The number of halogens is 4. The van der Waals surface area contributed by atoms with E-state index in [1.165, 1.54) is 12.1 Å². The molecule has 0 aromatic heterocycles. The highest BCUT2D eigenvalue weighted by molar-refractivity contribution is 7.89. The zero-order valence-electron chi connectivity index (χ0n) is 11.0. The van der Waals surface area contributed by atoms with Crippen molar-refractivity contribution in [1.82, 2.24) is 4.31 Å². The Bertz CT molecular complexity index is 592. The Morgan fingerprint density at radius 1 is 1.29 bits per heavy atom. The van der Waals surface area contributed by atoms with Crippen LogP contribution < -0.4 is 5.73 Å². The standard InChI is InChI=1S/C12H15F3N2O2S.ClH/c13-12(14,15)10-3-1-2-4-11(10)20(18,19)17-6-5-9(7-16)8-17;/h1-4,9H,5-8,16H2;1H. The molecule has 1 atom stereocenters. The number of alkyl halides is 3. The normalized spacial score (nSPS) is 20.3. The van der Waals surface area contributed by atoms with Crippen molar-refractivity contribution in [2.45, 2.75) is 17.5 Å². The van der Waals surface area contributed by atoms with E-state index in [2.05, 4.69) is 0 Å². The van der Waals surface area contributed by atoms with Gasteiger partial charge in [0.25, 0.3) is 0 Å². The average Bonchev–Trinajstić information content (AvgIpc) is 2.87. The van der Waals surface area contributed by atoms with E-state index in [9.17, 15) is 21.6 Å². The Hall–Kier alpha value is -0.830. The van der Waals surface area contributed by atoms with Gasteiger partial charge in [0, 0.05) is 13.1 Å². The molecule has 4 nitrogen and oxygen atoms in total. The van der Waals surface area contributed by atoms with Crippen LogP contribution in [-0.2, 0) is 16.2 Å². The van der Waals surface area contributed by atoms with Gasteiger partial charge in [-0.1, -0.05) is 12.1 Å². The van der Waals surface area contributed by atoms with Crippen molar-refractivity contribution in [3.63, 3.8) is 0 Å². The highest BCUT2D eigenvalue weighted by Crippen LogP contribution is 2.36. The van der Waals surface area contributed by atoms with Crippen molar-refractivity contribution in [2.24, 2.45) is 11.7 Å². The molecule has 2 N–H and O–H groups in total. The molecule has 1 aromatic carbocycles. The van der Waals surface area contributed by atoms with Crippen LogP contribution in [0.15, 0.2) is 29.2 Å². The molecule has 0 saturated carbocycles. The average molecular weight is 345 g/mol. The zero-order valence-corrected chi connectivity index (χ0v) is 12.6. The van der Waals surface area contributed by atoms with Crippen molar-refractivity contribution in [1.29, 1.82) is 0 Å². The molecule has 1 saturated heterocycles. The van der Waals surface area contributed by atoms with E-state index in [4.69, 9.17) is 5.73 Å². The quantitative estimate of drug-likeness (QED) is 0.913. The summed E-state index contributed by atoms with van der Waals surface area (Å²) in [7, 11) is -4.14. The van der Waals surface area contributed by atoms with Gasteiger partial charge < -0.3 is 5.73 Å². The Balaban J connectivity index is 0.00000220. The van der Waals surface area contributed by atoms with Gasteiger partial charge >= 0.3 is 6.18 Å². The van der Waals surface area contributed by atoms with E-state index in [-0.39, 0.29) is 31.4 Å². The first-order valence-corrected chi connectivity index (χ1v) is 7.57. The zero-order chi connectivity index (χ0) is 15.0. The van der Waals surface area contributed by atoms with E-state index >= 15 is 0 Å². The first-order valence-electron chi connectivity index (χ1n) is 6.13. The Labute approximate surface area is 127 Å². The number of hydrogen-bond donors (Lipinski definition) is 1. The molecule has 1 fully saturated rings. The molecule has 1 aliphatic rings. The molecule has 1 aliphatic heterocycles. The molecule has 1 heterocycles. The van der Waals surface area contributed by atoms with E-state index in [0.29, 0.717) is 13.0 Å². The Morgan fingerprint density at radius 3 is 2.43 bits per heavy atom. The summed E-state index contributed by atoms with van der Waals surface area (Å²) in [6, 6.07) is 4.24. The van der Waals surface area contributed by atoms with Crippen LogP contribution >= 0.6 is 12.4 Å². The molecular formula is C12H16ClF3N2O2S. The van der Waals surface area contributed by atoms with Gasteiger partial charge in [-0.3, -0.25) is 0 Å². The molecular weight excluding hydrogens is 329 g/mol. The van der Waals surface area contributed by atoms with Gasteiger partial charge in [0.2, 0.25) is 10.0 Å². The molecule has 0 bridgehead atoms. The third-order valence-corrected chi connectivity index (χ3v) is 5.32. The lowest BCUT2D eigenvalue weighted by Gasteiger charge is -2.19. The smallest absolute Gasteiger partial charge is 0.330 e. The van der Waals surface area contributed by atoms with Gasteiger partial charge in [0.1, 0.15) is 0 Å². The summed E-state index contributed by atoms with van der Waals surface area (Å²) in [5.41, 5.74) is 4.35. The second kappa shape index (κ2) is 6.51. The monoisotopic (exact) mass is 344 g/mol. The van der Waals surface area contributed by atoms with Crippen molar-refractivity contribution in [3.05, 3.63) is 29.8 Å². The molecule has 2 rings (SSSR count). The fourth-order valence-corrected chi connectivity index (χ4v) is 4.02. The Morgan fingerprint density at radius 2 is 1.90 bits per heavy atom. The third-order valence-electron chi connectivity index (χ3n) is 3.39.